The van der Waals surface area contributed by atoms with E-state index in [4.69, 9.17) is 4.52 Å². The molecule has 0 aliphatic heterocycles. The van der Waals surface area contributed by atoms with E-state index in [9.17, 15) is 4.79 Å². The zero-order chi connectivity index (χ0) is 15.0. The number of amides is 1. The van der Waals surface area contributed by atoms with Gasteiger partial charge in [0.1, 0.15) is 5.56 Å². The second-order valence-electron chi connectivity index (χ2n) is 5.71. The van der Waals surface area contributed by atoms with Gasteiger partial charge >= 0.3 is 0 Å². The molecule has 2 aromatic rings. The predicted molar refractivity (Wildman–Crippen MR) is 82.0 cm³/mol. The Bertz CT molecular complexity index is 649. The Kier molecular flexibility index (Phi) is 3.80. The Morgan fingerprint density at radius 2 is 2.10 bits per heavy atom. The standard InChI is InChI=1S/C15H19N3O2S/c1-8(2)13-12(9(3)18-20-13)14(19)17-15-16-10-6-4-5-7-11(10)21-15/h8H,4-7H2,1-3H3,(H,16,17,19). The van der Waals surface area contributed by atoms with Crippen molar-refractivity contribution in [2.45, 2.75) is 52.4 Å². The van der Waals surface area contributed by atoms with Crippen molar-refractivity contribution in [3.63, 3.8) is 0 Å². The minimum absolute atomic E-state index is 0.122. The topological polar surface area (TPSA) is 68.0 Å². The first-order chi connectivity index (χ1) is 10.1. The normalized spacial score (nSPS) is 14.3. The summed E-state index contributed by atoms with van der Waals surface area (Å²) in [4.78, 5) is 18.3. The molecule has 0 bridgehead atoms. The third-order valence-electron chi connectivity index (χ3n) is 3.71. The van der Waals surface area contributed by atoms with Crippen LogP contribution in [0.25, 0.3) is 0 Å². The lowest BCUT2D eigenvalue weighted by atomic mass is 10.0. The molecule has 0 saturated carbocycles. The number of hydrogen-bond donors (Lipinski definition) is 1. The van der Waals surface area contributed by atoms with Crippen molar-refractivity contribution in [3.8, 4) is 0 Å². The molecule has 0 fully saturated rings. The van der Waals surface area contributed by atoms with Gasteiger partial charge in [-0.25, -0.2) is 4.98 Å². The van der Waals surface area contributed by atoms with Gasteiger partial charge in [0.2, 0.25) is 0 Å². The Labute approximate surface area is 127 Å². The Hall–Kier alpha value is -1.69. The zero-order valence-corrected chi connectivity index (χ0v) is 13.3. The van der Waals surface area contributed by atoms with Crippen LogP contribution in [0.2, 0.25) is 0 Å². The number of anilines is 1. The molecular weight excluding hydrogens is 286 g/mol. The van der Waals surface area contributed by atoms with Gasteiger partial charge < -0.3 is 4.52 Å². The summed E-state index contributed by atoms with van der Waals surface area (Å²) in [5.41, 5.74) is 2.31. The minimum atomic E-state index is -0.177. The summed E-state index contributed by atoms with van der Waals surface area (Å²) in [6.45, 7) is 5.76. The highest BCUT2D eigenvalue weighted by molar-refractivity contribution is 7.15. The van der Waals surface area contributed by atoms with E-state index < -0.39 is 0 Å². The van der Waals surface area contributed by atoms with Gasteiger partial charge in [0.25, 0.3) is 5.91 Å². The third kappa shape index (κ3) is 2.72. The van der Waals surface area contributed by atoms with Crippen molar-refractivity contribution in [1.82, 2.24) is 10.1 Å². The fourth-order valence-electron chi connectivity index (χ4n) is 2.62. The van der Waals surface area contributed by atoms with Crippen molar-refractivity contribution >= 4 is 22.4 Å². The first-order valence-electron chi connectivity index (χ1n) is 7.32. The van der Waals surface area contributed by atoms with Gasteiger partial charge in [0, 0.05) is 10.8 Å². The second kappa shape index (κ2) is 5.60. The number of carbonyl (C=O) groups excluding carboxylic acids is 1. The number of fused-ring (bicyclic) bond motifs is 1. The molecule has 5 nitrogen and oxygen atoms in total. The first-order valence-corrected chi connectivity index (χ1v) is 8.14. The number of thiazole rings is 1. The maximum absolute atomic E-state index is 12.5. The molecule has 0 aromatic carbocycles. The highest BCUT2D eigenvalue weighted by Gasteiger charge is 2.24. The van der Waals surface area contributed by atoms with Crippen LogP contribution in [-0.2, 0) is 12.8 Å². The van der Waals surface area contributed by atoms with Crippen LogP contribution >= 0.6 is 11.3 Å². The summed E-state index contributed by atoms with van der Waals surface area (Å²) in [7, 11) is 0. The molecule has 0 unspecified atom stereocenters. The average molecular weight is 305 g/mol. The van der Waals surface area contributed by atoms with E-state index in [2.05, 4.69) is 15.5 Å². The Morgan fingerprint density at radius 1 is 1.33 bits per heavy atom. The summed E-state index contributed by atoms with van der Waals surface area (Å²) in [5.74, 6) is 0.575. The number of aryl methyl sites for hydroxylation is 3. The van der Waals surface area contributed by atoms with Gasteiger partial charge in [-0.3, -0.25) is 10.1 Å². The number of carbonyl (C=O) groups is 1. The van der Waals surface area contributed by atoms with Crippen molar-refractivity contribution in [2.24, 2.45) is 0 Å². The molecule has 1 N–H and O–H groups in total. The van der Waals surface area contributed by atoms with Crippen LogP contribution in [0.5, 0.6) is 0 Å². The van der Waals surface area contributed by atoms with Crippen molar-refractivity contribution in [3.05, 3.63) is 27.6 Å². The quantitative estimate of drug-likeness (QED) is 0.939. The maximum atomic E-state index is 12.5. The lowest BCUT2D eigenvalue weighted by Gasteiger charge is -2.06. The first kappa shape index (κ1) is 14.3. The molecule has 1 aliphatic rings. The fourth-order valence-corrected chi connectivity index (χ4v) is 3.67. The van der Waals surface area contributed by atoms with Crippen LogP contribution in [0.1, 0.15) is 65.0 Å². The molecule has 1 aliphatic carbocycles. The van der Waals surface area contributed by atoms with Gasteiger partial charge in [0.15, 0.2) is 10.9 Å². The number of aromatic nitrogens is 2. The highest BCUT2D eigenvalue weighted by Crippen LogP contribution is 2.30. The summed E-state index contributed by atoms with van der Waals surface area (Å²) in [5, 5.41) is 7.50. The van der Waals surface area contributed by atoms with E-state index in [1.54, 1.807) is 18.3 Å². The van der Waals surface area contributed by atoms with E-state index >= 15 is 0 Å². The molecule has 0 saturated heterocycles. The van der Waals surface area contributed by atoms with Crippen LogP contribution < -0.4 is 5.32 Å². The number of hydrogen-bond acceptors (Lipinski definition) is 5. The Morgan fingerprint density at radius 3 is 2.81 bits per heavy atom. The molecule has 3 rings (SSSR count). The smallest absolute Gasteiger partial charge is 0.262 e. The maximum Gasteiger partial charge on any atom is 0.262 e. The molecule has 0 radical (unpaired) electrons. The third-order valence-corrected chi connectivity index (χ3v) is 4.78. The van der Waals surface area contributed by atoms with Gasteiger partial charge in [-0.2, -0.15) is 0 Å². The van der Waals surface area contributed by atoms with Crippen LogP contribution in [0.3, 0.4) is 0 Å². The largest absolute Gasteiger partial charge is 0.360 e. The van der Waals surface area contributed by atoms with Crippen molar-refractivity contribution < 1.29 is 9.32 Å². The second-order valence-corrected chi connectivity index (χ2v) is 6.80. The van der Waals surface area contributed by atoms with Crippen LogP contribution in [0.4, 0.5) is 5.13 Å². The highest BCUT2D eigenvalue weighted by atomic mass is 32.1. The van der Waals surface area contributed by atoms with Crippen LogP contribution in [0.15, 0.2) is 4.52 Å². The molecule has 2 heterocycles. The van der Waals surface area contributed by atoms with E-state index in [1.165, 1.54) is 17.7 Å². The van der Waals surface area contributed by atoms with Gasteiger partial charge in [0.05, 0.1) is 11.4 Å². The zero-order valence-electron chi connectivity index (χ0n) is 12.5. The molecule has 0 atom stereocenters. The van der Waals surface area contributed by atoms with Crippen LogP contribution in [-0.4, -0.2) is 16.0 Å². The lowest BCUT2D eigenvalue weighted by Crippen LogP contribution is -2.14. The van der Waals surface area contributed by atoms with E-state index in [-0.39, 0.29) is 11.8 Å². The van der Waals surface area contributed by atoms with Gasteiger partial charge in [-0.05, 0) is 32.6 Å². The van der Waals surface area contributed by atoms with E-state index in [0.29, 0.717) is 22.1 Å². The van der Waals surface area contributed by atoms with Crippen molar-refractivity contribution in [1.29, 1.82) is 0 Å². The molecule has 112 valence electrons. The molecule has 2 aromatic heterocycles. The Balaban J connectivity index is 1.83. The summed E-state index contributed by atoms with van der Waals surface area (Å²) in [6.07, 6.45) is 4.49. The molecule has 0 spiro atoms. The molecule has 6 heteroatoms. The lowest BCUT2D eigenvalue weighted by molar-refractivity contribution is 0.102. The monoisotopic (exact) mass is 305 g/mol. The van der Waals surface area contributed by atoms with E-state index in [1.807, 2.05) is 13.8 Å². The molecule has 1 amide bonds. The van der Waals surface area contributed by atoms with Crippen LogP contribution in [0, 0.1) is 6.92 Å². The van der Waals surface area contributed by atoms with E-state index in [0.717, 1.165) is 18.5 Å². The average Bonchev–Trinajstić information content (AvgIpc) is 3.01. The number of nitrogens with one attached hydrogen (secondary N) is 1. The fraction of sp³-hybridized carbons (Fsp3) is 0.533. The summed E-state index contributed by atoms with van der Waals surface area (Å²) in [6, 6.07) is 0. The minimum Gasteiger partial charge on any atom is -0.360 e. The van der Waals surface area contributed by atoms with Gasteiger partial charge in [-0.1, -0.05) is 19.0 Å². The summed E-state index contributed by atoms with van der Waals surface area (Å²) >= 11 is 1.59. The SMILES string of the molecule is Cc1noc(C(C)C)c1C(=O)Nc1nc2c(s1)CCCC2. The number of nitrogens with zero attached hydrogens (tertiary/aromatic N) is 2. The predicted octanol–water partition coefficient (Wildman–Crippen LogP) is 3.69. The van der Waals surface area contributed by atoms with Crippen molar-refractivity contribution in [2.75, 3.05) is 5.32 Å². The number of rotatable bonds is 3. The molecule has 21 heavy (non-hydrogen) atoms. The summed E-state index contributed by atoms with van der Waals surface area (Å²) < 4.78 is 5.27. The van der Waals surface area contributed by atoms with Gasteiger partial charge in [-0.15, -0.1) is 11.3 Å². The molecular formula is C15H19N3O2S.